The Morgan fingerprint density at radius 1 is 0.926 bits per heavy atom. The minimum absolute atomic E-state index is 0.235. The fraction of sp³-hybridized carbons (Fsp3) is 0. The fourth-order valence-corrected chi connectivity index (χ4v) is 2.67. The SMILES string of the molecule is O=C(Nc1cccc(F)c1)c1ccccc1-c1nc(-c2ccccc2)no1. The first-order valence-corrected chi connectivity index (χ1v) is 8.26. The number of rotatable bonds is 4. The van der Waals surface area contributed by atoms with Gasteiger partial charge in [-0.15, -0.1) is 0 Å². The third-order valence-corrected chi connectivity index (χ3v) is 3.94. The molecule has 0 saturated heterocycles. The van der Waals surface area contributed by atoms with Crippen LogP contribution in [-0.4, -0.2) is 16.0 Å². The summed E-state index contributed by atoms with van der Waals surface area (Å²) in [6.45, 7) is 0. The summed E-state index contributed by atoms with van der Waals surface area (Å²) in [7, 11) is 0. The number of carbonyl (C=O) groups is 1. The largest absolute Gasteiger partial charge is 0.334 e. The molecule has 0 aliphatic heterocycles. The average Bonchev–Trinajstić information content (AvgIpc) is 3.19. The molecule has 4 aromatic rings. The molecule has 3 aromatic carbocycles. The van der Waals surface area contributed by atoms with Gasteiger partial charge >= 0.3 is 0 Å². The van der Waals surface area contributed by atoms with E-state index in [1.165, 1.54) is 18.2 Å². The molecular formula is C21H14FN3O2. The molecule has 0 saturated carbocycles. The third kappa shape index (κ3) is 3.59. The van der Waals surface area contributed by atoms with E-state index in [2.05, 4.69) is 15.5 Å². The number of halogens is 1. The standard InChI is InChI=1S/C21H14FN3O2/c22-15-9-6-10-16(13-15)23-20(26)17-11-4-5-12-18(17)21-24-19(25-27-21)14-7-2-1-3-8-14/h1-13H,(H,23,26). The van der Waals surface area contributed by atoms with Gasteiger partial charge in [0.05, 0.1) is 11.1 Å². The summed E-state index contributed by atoms with van der Waals surface area (Å²) in [5.41, 5.74) is 2.03. The first kappa shape index (κ1) is 16.7. The summed E-state index contributed by atoms with van der Waals surface area (Å²) in [6.07, 6.45) is 0. The lowest BCUT2D eigenvalue weighted by Crippen LogP contribution is -2.13. The van der Waals surface area contributed by atoms with Crippen molar-refractivity contribution in [2.45, 2.75) is 0 Å². The molecule has 0 fully saturated rings. The zero-order valence-corrected chi connectivity index (χ0v) is 14.1. The number of nitrogens with zero attached hydrogens (tertiary/aromatic N) is 2. The summed E-state index contributed by atoms with van der Waals surface area (Å²) in [6, 6.07) is 22.0. The van der Waals surface area contributed by atoms with Gasteiger partial charge in [-0.1, -0.05) is 53.7 Å². The van der Waals surface area contributed by atoms with Crippen LogP contribution in [0.4, 0.5) is 10.1 Å². The highest BCUT2D eigenvalue weighted by Gasteiger charge is 2.18. The minimum Gasteiger partial charge on any atom is -0.334 e. The molecule has 132 valence electrons. The number of amides is 1. The molecule has 0 spiro atoms. The number of carbonyl (C=O) groups excluding carboxylic acids is 1. The van der Waals surface area contributed by atoms with E-state index in [9.17, 15) is 9.18 Å². The van der Waals surface area contributed by atoms with E-state index in [4.69, 9.17) is 4.52 Å². The van der Waals surface area contributed by atoms with E-state index in [-0.39, 0.29) is 5.89 Å². The monoisotopic (exact) mass is 359 g/mol. The molecule has 0 unspecified atom stereocenters. The van der Waals surface area contributed by atoms with Crippen LogP contribution in [0.1, 0.15) is 10.4 Å². The second-order valence-electron chi connectivity index (χ2n) is 5.80. The first-order valence-electron chi connectivity index (χ1n) is 8.26. The topological polar surface area (TPSA) is 68.0 Å². The summed E-state index contributed by atoms with van der Waals surface area (Å²) < 4.78 is 18.7. The minimum atomic E-state index is -0.425. The van der Waals surface area contributed by atoms with Crippen LogP contribution in [0.5, 0.6) is 0 Å². The molecule has 6 heteroatoms. The maximum absolute atomic E-state index is 13.3. The van der Waals surface area contributed by atoms with Gasteiger partial charge in [-0.3, -0.25) is 4.79 Å². The molecule has 0 aliphatic carbocycles. The van der Waals surface area contributed by atoms with Crippen molar-refractivity contribution in [2.24, 2.45) is 0 Å². The second kappa shape index (κ2) is 7.21. The Kier molecular flexibility index (Phi) is 4.45. The quantitative estimate of drug-likeness (QED) is 0.568. The smallest absolute Gasteiger partial charge is 0.259 e. The Bertz CT molecular complexity index is 1090. The van der Waals surface area contributed by atoms with Crippen molar-refractivity contribution in [3.05, 3.63) is 90.2 Å². The Morgan fingerprint density at radius 3 is 2.52 bits per heavy atom. The normalized spacial score (nSPS) is 10.6. The van der Waals surface area contributed by atoms with Gasteiger partial charge in [-0.2, -0.15) is 4.98 Å². The van der Waals surface area contributed by atoms with Crippen LogP contribution in [0.15, 0.2) is 83.4 Å². The highest BCUT2D eigenvalue weighted by molar-refractivity contribution is 6.08. The lowest BCUT2D eigenvalue weighted by atomic mass is 10.1. The molecule has 1 amide bonds. The first-order chi connectivity index (χ1) is 13.2. The molecular weight excluding hydrogens is 345 g/mol. The van der Waals surface area contributed by atoms with Crippen LogP contribution >= 0.6 is 0 Å². The van der Waals surface area contributed by atoms with Crippen molar-refractivity contribution in [3.8, 4) is 22.8 Å². The van der Waals surface area contributed by atoms with Gasteiger partial charge in [0.15, 0.2) is 0 Å². The van der Waals surface area contributed by atoms with Gasteiger partial charge in [-0.05, 0) is 30.3 Å². The maximum Gasteiger partial charge on any atom is 0.259 e. The highest BCUT2D eigenvalue weighted by atomic mass is 19.1. The van der Waals surface area contributed by atoms with Gasteiger partial charge in [0.25, 0.3) is 11.8 Å². The van der Waals surface area contributed by atoms with Crippen LogP contribution in [-0.2, 0) is 0 Å². The van der Waals surface area contributed by atoms with E-state index < -0.39 is 11.7 Å². The number of benzene rings is 3. The third-order valence-electron chi connectivity index (χ3n) is 3.94. The van der Waals surface area contributed by atoms with Crippen LogP contribution < -0.4 is 5.32 Å². The van der Waals surface area contributed by atoms with E-state index in [1.54, 1.807) is 30.3 Å². The molecule has 0 atom stereocenters. The summed E-state index contributed by atoms with van der Waals surface area (Å²) in [5, 5.41) is 6.67. The van der Waals surface area contributed by atoms with E-state index in [1.807, 2.05) is 30.3 Å². The van der Waals surface area contributed by atoms with Crippen molar-refractivity contribution in [3.63, 3.8) is 0 Å². The molecule has 0 aliphatic rings. The molecule has 1 N–H and O–H groups in total. The zero-order valence-electron chi connectivity index (χ0n) is 14.1. The maximum atomic E-state index is 13.3. The van der Waals surface area contributed by atoms with Crippen molar-refractivity contribution >= 4 is 11.6 Å². The van der Waals surface area contributed by atoms with Crippen LogP contribution in [0, 0.1) is 5.82 Å². The molecule has 0 radical (unpaired) electrons. The van der Waals surface area contributed by atoms with E-state index >= 15 is 0 Å². The van der Waals surface area contributed by atoms with Gasteiger partial charge < -0.3 is 9.84 Å². The van der Waals surface area contributed by atoms with E-state index in [0.29, 0.717) is 22.6 Å². The molecule has 27 heavy (non-hydrogen) atoms. The summed E-state index contributed by atoms with van der Waals surface area (Å²) in [5.74, 6) is -0.147. The van der Waals surface area contributed by atoms with Gasteiger partial charge in [-0.25, -0.2) is 4.39 Å². The second-order valence-corrected chi connectivity index (χ2v) is 5.80. The average molecular weight is 359 g/mol. The number of nitrogens with one attached hydrogen (secondary N) is 1. The van der Waals surface area contributed by atoms with E-state index in [0.717, 1.165) is 5.56 Å². The Hall–Kier alpha value is -3.80. The number of aromatic nitrogens is 2. The fourth-order valence-electron chi connectivity index (χ4n) is 2.67. The lowest BCUT2D eigenvalue weighted by Gasteiger charge is -2.08. The van der Waals surface area contributed by atoms with Crippen LogP contribution in [0.2, 0.25) is 0 Å². The zero-order chi connectivity index (χ0) is 18.6. The molecule has 4 rings (SSSR count). The highest BCUT2D eigenvalue weighted by Crippen LogP contribution is 2.26. The summed E-state index contributed by atoms with van der Waals surface area (Å²) in [4.78, 5) is 17.1. The van der Waals surface area contributed by atoms with Gasteiger partial charge in [0.1, 0.15) is 5.82 Å². The lowest BCUT2D eigenvalue weighted by molar-refractivity contribution is 0.102. The molecule has 0 bridgehead atoms. The summed E-state index contributed by atoms with van der Waals surface area (Å²) >= 11 is 0. The predicted octanol–water partition coefficient (Wildman–Crippen LogP) is 4.80. The van der Waals surface area contributed by atoms with Crippen LogP contribution in [0.25, 0.3) is 22.8 Å². The van der Waals surface area contributed by atoms with Crippen molar-refractivity contribution < 1.29 is 13.7 Å². The van der Waals surface area contributed by atoms with Crippen molar-refractivity contribution in [1.82, 2.24) is 10.1 Å². The number of anilines is 1. The Balaban J connectivity index is 1.65. The Morgan fingerprint density at radius 2 is 1.70 bits per heavy atom. The van der Waals surface area contributed by atoms with Crippen molar-refractivity contribution in [2.75, 3.05) is 5.32 Å². The van der Waals surface area contributed by atoms with Gasteiger partial charge in [0, 0.05) is 11.3 Å². The Labute approximate surface area is 154 Å². The van der Waals surface area contributed by atoms with Crippen LogP contribution in [0.3, 0.4) is 0 Å². The molecule has 5 nitrogen and oxygen atoms in total. The molecule has 1 aromatic heterocycles. The molecule has 1 heterocycles. The number of hydrogen-bond acceptors (Lipinski definition) is 4. The van der Waals surface area contributed by atoms with Crippen molar-refractivity contribution in [1.29, 1.82) is 0 Å². The number of hydrogen-bond donors (Lipinski definition) is 1. The predicted molar refractivity (Wildman–Crippen MR) is 99.5 cm³/mol. The van der Waals surface area contributed by atoms with Gasteiger partial charge in [0.2, 0.25) is 5.82 Å².